The highest BCUT2D eigenvalue weighted by Crippen LogP contribution is 2.10. The molecule has 0 aromatic carbocycles. The summed E-state index contributed by atoms with van der Waals surface area (Å²) in [7, 11) is 0. The van der Waals surface area contributed by atoms with Gasteiger partial charge in [0, 0.05) is 51.3 Å². The van der Waals surface area contributed by atoms with Crippen molar-refractivity contribution in [2.24, 2.45) is 0 Å². The molecule has 0 aliphatic carbocycles. The number of nitrogens with zero attached hydrogens (tertiary/aromatic N) is 3. The van der Waals surface area contributed by atoms with Crippen LogP contribution in [0.1, 0.15) is 45.4 Å². The summed E-state index contributed by atoms with van der Waals surface area (Å²) in [6, 6.07) is 0. The normalized spacial score (nSPS) is 18.7. The van der Waals surface area contributed by atoms with Crippen LogP contribution < -0.4 is 0 Å². The van der Waals surface area contributed by atoms with Crippen LogP contribution in [0.3, 0.4) is 0 Å². The monoisotopic (exact) mass is 335 g/mol. The van der Waals surface area contributed by atoms with Crippen molar-refractivity contribution in [1.82, 2.24) is 14.7 Å². The molecule has 1 saturated heterocycles. The van der Waals surface area contributed by atoms with Crippen molar-refractivity contribution in [2.75, 3.05) is 39.3 Å². The fourth-order valence-electron chi connectivity index (χ4n) is 3.18. The van der Waals surface area contributed by atoms with Crippen molar-refractivity contribution in [3.8, 4) is 0 Å². The first kappa shape index (κ1) is 18.6. The van der Waals surface area contributed by atoms with Crippen LogP contribution in [0, 0.1) is 0 Å². The van der Waals surface area contributed by atoms with Crippen molar-refractivity contribution >= 4 is 17.7 Å². The van der Waals surface area contributed by atoms with E-state index in [9.17, 15) is 14.4 Å². The summed E-state index contributed by atoms with van der Waals surface area (Å²) in [6.45, 7) is 7.15. The molecule has 0 radical (unpaired) electrons. The third-order valence-corrected chi connectivity index (χ3v) is 4.73. The zero-order valence-electron chi connectivity index (χ0n) is 14.7. The van der Waals surface area contributed by atoms with Crippen LogP contribution in [-0.4, -0.2) is 71.7 Å². The number of rotatable bonds is 9. The second-order valence-electron chi connectivity index (χ2n) is 6.55. The third kappa shape index (κ3) is 5.44. The maximum Gasteiger partial charge on any atom is 0.253 e. The smallest absolute Gasteiger partial charge is 0.253 e. The summed E-state index contributed by atoms with van der Waals surface area (Å²) >= 11 is 0. The molecule has 134 valence electrons. The van der Waals surface area contributed by atoms with Gasteiger partial charge in [-0.25, -0.2) is 0 Å². The van der Waals surface area contributed by atoms with Gasteiger partial charge in [-0.1, -0.05) is 26.2 Å². The molecule has 0 N–H and O–H groups in total. The Morgan fingerprint density at radius 1 is 0.917 bits per heavy atom. The lowest BCUT2D eigenvalue weighted by Crippen LogP contribution is -2.48. The zero-order valence-corrected chi connectivity index (χ0v) is 14.7. The third-order valence-electron chi connectivity index (χ3n) is 4.73. The summed E-state index contributed by atoms with van der Waals surface area (Å²) in [5.74, 6) is -0.416. The van der Waals surface area contributed by atoms with Crippen LogP contribution in [0.5, 0.6) is 0 Å². The lowest BCUT2D eigenvalue weighted by molar-refractivity contribution is -0.138. The molecule has 1 fully saturated rings. The first-order valence-electron chi connectivity index (χ1n) is 9.15. The van der Waals surface area contributed by atoms with Crippen LogP contribution in [0.15, 0.2) is 12.2 Å². The quantitative estimate of drug-likeness (QED) is 0.472. The predicted octanol–water partition coefficient (Wildman–Crippen LogP) is 1.42. The number of carbonyl (C=O) groups excluding carboxylic acids is 3. The van der Waals surface area contributed by atoms with Crippen LogP contribution >= 0.6 is 0 Å². The fourth-order valence-corrected chi connectivity index (χ4v) is 3.18. The fraction of sp³-hybridized carbons (Fsp3) is 0.722. The highest BCUT2D eigenvalue weighted by molar-refractivity contribution is 6.12. The molecule has 0 unspecified atom stereocenters. The van der Waals surface area contributed by atoms with Gasteiger partial charge >= 0.3 is 0 Å². The molecule has 6 nitrogen and oxygen atoms in total. The van der Waals surface area contributed by atoms with Gasteiger partial charge in [0.15, 0.2) is 0 Å². The number of carbonyl (C=O) groups is 3. The number of hydrogen-bond acceptors (Lipinski definition) is 4. The Bertz CT molecular complexity index is 464. The number of amides is 3. The Labute approximate surface area is 144 Å². The van der Waals surface area contributed by atoms with Gasteiger partial charge < -0.3 is 4.90 Å². The molecular formula is C18H29N3O3. The standard InChI is InChI=1S/C18H29N3O3/c1-2-3-4-5-10-19-12-14-20(15-13-19)16(22)7-6-11-21-17(23)8-9-18(21)24/h8-9H,2-7,10-15H2,1H3. The highest BCUT2D eigenvalue weighted by Gasteiger charge is 2.24. The molecular weight excluding hydrogens is 306 g/mol. The zero-order chi connectivity index (χ0) is 17.4. The number of unbranched alkanes of at least 4 members (excludes halogenated alkanes) is 3. The summed E-state index contributed by atoms with van der Waals surface area (Å²) in [5, 5.41) is 0. The summed E-state index contributed by atoms with van der Waals surface area (Å²) in [6.07, 6.45) is 8.59. The van der Waals surface area contributed by atoms with Gasteiger partial charge in [0.1, 0.15) is 0 Å². The van der Waals surface area contributed by atoms with E-state index in [1.54, 1.807) is 0 Å². The number of imide groups is 1. The Balaban J connectivity index is 1.59. The summed E-state index contributed by atoms with van der Waals surface area (Å²) in [5.41, 5.74) is 0. The van der Waals surface area contributed by atoms with E-state index >= 15 is 0 Å². The van der Waals surface area contributed by atoms with Crippen molar-refractivity contribution in [2.45, 2.75) is 45.4 Å². The first-order chi connectivity index (χ1) is 11.6. The largest absolute Gasteiger partial charge is 0.340 e. The summed E-state index contributed by atoms with van der Waals surface area (Å²) < 4.78 is 0. The molecule has 0 bridgehead atoms. The Hall–Kier alpha value is -1.69. The van der Waals surface area contributed by atoms with Gasteiger partial charge in [-0.2, -0.15) is 0 Å². The van der Waals surface area contributed by atoms with Crippen LogP contribution in [0.4, 0.5) is 0 Å². The number of hydrogen-bond donors (Lipinski definition) is 0. The predicted molar refractivity (Wildman–Crippen MR) is 92.3 cm³/mol. The number of piperazine rings is 1. The molecule has 0 spiro atoms. The molecule has 0 aromatic heterocycles. The molecule has 2 rings (SSSR count). The van der Waals surface area contributed by atoms with Gasteiger partial charge in [-0.15, -0.1) is 0 Å². The molecule has 2 aliphatic rings. The lowest BCUT2D eigenvalue weighted by Gasteiger charge is -2.35. The molecule has 2 heterocycles. The molecule has 2 aliphatic heterocycles. The second-order valence-corrected chi connectivity index (χ2v) is 6.55. The molecule has 6 heteroatoms. The minimum absolute atomic E-state index is 0.132. The topological polar surface area (TPSA) is 60.9 Å². The average Bonchev–Trinajstić information content (AvgIpc) is 2.91. The van der Waals surface area contributed by atoms with E-state index < -0.39 is 0 Å². The second kappa shape index (κ2) is 9.57. The van der Waals surface area contributed by atoms with Crippen molar-refractivity contribution < 1.29 is 14.4 Å². The van der Waals surface area contributed by atoms with Crippen LogP contribution in [0.2, 0.25) is 0 Å². The summed E-state index contributed by atoms with van der Waals surface area (Å²) in [4.78, 5) is 40.7. The van der Waals surface area contributed by atoms with Crippen molar-refractivity contribution in [3.63, 3.8) is 0 Å². The van der Waals surface area contributed by atoms with E-state index in [1.807, 2.05) is 4.90 Å². The van der Waals surface area contributed by atoms with Crippen molar-refractivity contribution in [3.05, 3.63) is 12.2 Å². The minimum Gasteiger partial charge on any atom is -0.340 e. The Morgan fingerprint density at radius 3 is 2.21 bits per heavy atom. The molecule has 0 aromatic rings. The van der Waals surface area contributed by atoms with Crippen molar-refractivity contribution in [1.29, 1.82) is 0 Å². The Morgan fingerprint density at radius 2 is 1.58 bits per heavy atom. The van der Waals surface area contributed by atoms with Crippen LogP contribution in [-0.2, 0) is 14.4 Å². The first-order valence-corrected chi connectivity index (χ1v) is 9.15. The van der Waals surface area contributed by atoms with Gasteiger partial charge in [-0.05, 0) is 19.4 Å². The van der Waals surface area contributed by atoms with E-state index in [-0.39, 0.29) is 17.7 Å². The van der Waals surface area contributed by atoms with Gasteiger partial charge in [-0.3, -0.25) is 24.2 Å². The maximum absolute atomic E-state index is 12.2. The average molecular weight is 335 g/mol. The van der Waals surface area contributed by atoms with E-state index in [1.165, 1.54) is 42.7 Å². The van der Waals surface area contributed by atoms with Gasteiger partial charge in [0.2, 0.25) is 5.91 Å². The van der Waals surface area contributed by atoms with E-state index in [0.717, 1.165) is 32.7 Å². The van der Waals surface area contributed by atoms with Crippen LogP contribution in [0.25, 0.3) is 0 Å². The molecule has 0 saturated carbocycles. The Kier molecular flexibility index (Phi) is 7.43. The lowest BCUT2D eigenvalue weighted by atomic mass is 10.2. The van der Waals surface area contributed by atoms with E-state index in [4.69, 9.17) is 0 Å². The molecule has 3 amide bonds. The van der Waals surface area contributed by atoms with Gasteiger partial charge in [0.25, 0.3) is 11.8 Å². The SMILES string of the molecule is CCCCCCN1CCN(C(=O)CCCN2C(=O)C=CC2=O)CC1. The van der Waals surface area contributed by atoms with E-state index in [0.29, 0.717) is 19.4 Å². The maximum atomic E-state index is 12.2. The minimum atomic E-state index is -0.274. The molecule has 24 heavy (non-hydrogen) atoms. The highest BCUT2D eigenvalue weighted by atomic mass is 16.2. The van der Waals surface area contributed by atoms with Gasteiger partial charge in [0.05, 0.1) is 0 Å². The van der Waals surface area contributed by atoms with E-state index in [2.05, 4.69) is 11.8 Å². The molecule has 0 atom stereocenters.